The van der Waals surface area contributed by atoms with Gasteiger partial charge in [-0.15, -0.1) is 0 Å². The van der Waals surface area contributed by atoms with E-state index in [1.54, 1.807) is 24.4 Å². The normalized spacial score (nSPS) is 10.6. The van der Waals surface area contributed by atoms with Gasteiger partial charge in [0, 0.05) is 35.7 Å². The van der Waals surface area contributed by atoms with E-state index in [-0.39, 0.29) is 5.91 Å². The maximum Gasteiger partial charge on any atom is 0.257 e. The zero-order valence-corrected chi connectivity index (χ0v) is 13.8. The number of halogens is 2. The summed E-state index contributed by atoms with van der Waals surface area (Å²) < 4.78 is 1.91. The molecule has 0 aliphatic rings. The Kier molecular flexibility index (Phi) is 4.37. The average molecular weight is 346 g/mol. The Hall–Kier alpha value is -2.30. The standard InChI is InChI=1S/C17H13Cl2N3O/c1-22-8-7-20-16(22)11-3-2-4-13(9-11)21-17(23)14-6-5-12(18)10-15(14)19/h2-10H,1H3,(H,21,23). The summed E-state index contributed by atoms with van der Waals surface area (Å²) in [6, 6.07) is 12.3. The molecule has 0 unspecified atom stereocenters. The lowest BCUT2D eigenvalue weighted by atomic mass is 10.1. The van der Waals surface area contributed by atoms with Crippen molar-refractivity contribution in [3.05, 3.63) is 70.5 Å². The molecule has 0 atom stereocenters. The van der Waals surface area contributed by atoms with Crippen LogP contribution >= 0.6 is 23.2 Å². The Morgan fingerprint density at radius 3 is 2.70 bits per heavy atom. The number of nitrogens with one attached hydrogen (secondary N) is 1. The summed E-state index contributed by atoms with van der Waals surface area (Å²) in [5.41, 5.74) is 1.96. The quantitative estimate of drug-likeness (QED) is 0.751. The SMILES string of the molecule is Cn1ccnc1-c1cccc(NC(=O)c2ccc(Cl)cc2Cl)c1. The van der Waals surface area contributed by atoms with Crippen LogP contribution in [0.1, 0.15) is 10.4 Å². The lowest BCUT2D eigenvalue weighted by Gasteiger charge is -2.09. The number of nitrogens with zero attached hydrogens (tertiary/aromatic N) is 2. The molecule has 2 aromatic carbocycles. The van der Waals surface area contributed by atoms with Crippen LogP contribution in [0.4, 0.5) is 5.69 Å². The minimum absolute atomic E-state index is 0.288. The highest BCUT2D eigenvalue weighted by Gasteiger charge is 2.12. The lowest BCUT2D eigenvalue weighted by Crippen LogP contribution is -2.12. The summed E-state index contributed by atoms with van der Waals surface area (Å²) in [5.74, 6) is 0.536. The van der Waals surface area contributed by atoms with Crippen molar-refractivity contribution < 1.29 is 4.79 Å². The van der Waals surface area contributed by atoms with Gasteiger partial charge >= 0.3 is 0 Å². The molecule has 6 heteroatoms. The second-order valence-corrected chi connectivity index (χ2v) is 5.86. The van der Waals surface area contributed by atoms with Crippen molar-refractivity contribution >= 4 is 34.8 Å². The molecule has 0 spiro atoms. The predicted octanol–water partition coefficient (Wildman–Crippen LogP) is 4.65. The van der Waals surface area contributed by atoms with E-state index in [1.165, 1.54) is 0 Å². The number of hydrogen-bond donors (Lipinski definition) is 1. The highest BCUT2D eigenvalue weighted by Crippen LogP contribution is 2.24. The fourth-order valence-corrected chi connectivity index (χ4v) is 2.75. The highest BCUT2D eigenvalue weighted by molar-refractivity contribution is 6.37. The summed E-state index contributed by atoms with van der Waals surface area (Å²) in [7, 11) is 1.92. The first-order valence-electron chi connectivity index (χ1n) is 6.89. The number of imidazole rings is 1. The number of aryl methyl sites for hydroxylation is 1. The molecule has 23 heavy (non-hydrogen) atoms. The Bertz CT molecular complexity index is 874. The molecule has 0 aliphatic carbocycles. The molecule has 0 saturated carbocycles. The molecular weight excluding hydrogens is 333 g/mol. The maximum atomic E-state index is 12.4. The van der Waals surface area contributed by atoms with Gasteiger partial charge in [0.1, 0.15) is 5.82 Å². The van der Waals surface area contributed by atoms with Crippen LogP contribution in [0.3, 0.4) is 0 Å². The van der Waals surface area contributed by atoms with E-state index in [4.69, 9.17) is 23.2 Å². The first kappa shape index (κ1) is 15.6. The molecule has 0 aliphatic heterocycles. The molecular formula is C17H13Cl2N3O. The molecule has 1 amide bonds. The van der Waals surface area contributed by atoms with Crippen molar-refractivity contribution in [2.75, 3.05) is 5.32 Å². The van der Waals surface area contributed by atoms with Crippen LogP contribution < -0.4 is 5.32 Å². The Morgan fingerprint density at radius 2 is 2.00 bits per heavy atom. The van der Waals surface area contributed by atoms with Crippen LogP contribution in [-0.4, -0.2) is 15.5 Å². The third-order valence-corrected chi connectivity index (χ3v) is 3.92. The second kappa shape index (κ2) is 6.44. The monoisotopic (exact) mass is 345 g/mol. The lowest BCUT2D eigenvalue weighted by molar-refractivity contribution is 0.102. The van der Waals surface area contributed by atoms with E-state index < -0.39 is 0 Å². The van der Waals surface area contributed by atoms with Crippen LogP contribution in [0.25, 0.3) is 11.4 Å². The molecule has 1 aromatic heterocycles. The zero-order chi connectivity index (χ0) is 16.4. The van der Waals surface area contributed by atoms with Gasteiger partial charge in [-0.2, -0.15) is 0 Å². The van der Waals surface area contributed by atoms with Crippen LogP contribution in [0.2, 0.25) is 10.0 Å². The van der Waals surface area contributed by atoms with Crippen molar-refractivity contribution in [3.63, 3.8) is 0 Å². The van der Waals surface area contributed by atoms with Crippen molar-refractivity contribution in [1.82, 2.24) is 9.55 Å². The first-order valence-corrected chi connectivity index (χ1v) is 7.64. The van der Waals surface area contributed by atoms with Gasteiger partial charge in [0.2, 0.25) is 0 Å². The third-order valence-electron chi connectivity index (χ3n) is 3.38. The number of carbonyl (C=O) groups is 1. The topological polar surface area (TPSA) is 46.9 Å². The molecule has 0 bridgehead atoms. The van der Waals surface area contributed by atoms with E-state index in [0.717, 1.165) is 11.4 Å². The van der Waals surface area contributed by atoms with E-state index >= 15 is 0 Å². The number of benzene rings is 2. The van der Waals surface area contributed by atoms with Gasteiger partial charge in [0.05, 0.1) is 10.6 Å². The third kappa shape index (κ3) is 3.38. The predicted molar refractivity (Wildman–Crippen MR) is 93.1 cm³/mol. The summed E-state index contributed by atoms with van der Waals surface area (Å²) in [6.07, 6.45) is 3.60. The van der Waals surface area contributed by atoms with Crippen molar-refractivity contribution in [2.45, 2.75) is 0 Å². The Labute approximate surface area is 143 Å². The highest BCUT2D eigenvalue weighted by atomic mass is 35.5. The van der Waals surface area contributed by atoms with Gasteiger partial charge in [-0.25, -0.2) is 4.98 Å². The van der Waals surface area contributed by atoms with Gasteiger partial charge in [-0.1, -0.05) is 35.3 Å². The number of amides is 1. The summed E-state index contributed by atoms with van der Waals surface area (Å²) in [4.78, 5) is 16.7. The Balaban J connectivity index is 1.86. The number of rotatable bonds is 3. The van der Waals surface area contributed by atoms with Gasteiger partial charge in [-0.05, 0) is 30.3 Å². The molecule has 116 valence electrons. The van der Waals surface area contributed by atoms with Gasteiger partial charge in [0.25, 0.3) is 5.91 Å². The van der Waals surface area contributed by atoms with Crippen molar-refractivity contribution in [2.24, 2.45) is 7.05 Å². The molecule has 4 nitrogen and oxygen atoms in total. The summed E-state index contributed by atoms with van der Waals surface area (Å²) >= 11 is 11.9. The number of hydrogen-bond acceptors (Lipinski definition) is 2. The molecule has 3 aromatic rings. The molecule has 1 N–H and O–H groups in total. The fraction of sp³-hybridized carbons (Fsp3) is 0.0588. The fourth-order valence-electron chi connectivity index (χ4n) is 2.25. The molecule has 3 rings (SSSR count). The summed E-state index contributed by atoms with van der Waals surface area (Å²) in [5, 5.41) is 3.64. The van der Waals surface area contributed by atoms with Crippen LogP contribution in [0.15, 0.2) is 54.9 Å². The van der Waals surface area contributed by atoms with E-state index in [1.807, 2.05) is 42.1 Å². The van der Waals surface area contributed by atoms with Crippen molar-refractivity contribution in [3.8, 4) is 11.4 Å². The van der Waals surface area contributed by atoms with Crippen LogP contribution in [-0.2, 0) is 7.05 Å². The van der Waals surface area contributed by atoms with E-state index in [9.17, 15) is 4.79 Å². The number of carbonyl (C=O) groups excluding carboxylic acids is 1. The maximum absolute atomic E-state index is 12.4. The smallest absolute Gasteiger partial charge is 0.257 e. The molecule has 0 radical (unpaired) electrons. The first-order chi connectivity index (χ1) is 11.0. The van der Waals surface area contributed by atoms with Crippen LogP contribution in [0.5, 0.6) is 0 Å². The molecule has 0 saturated heterocycles. The van der Waals surface area contributed by atoms with E-state index in [0.29, 0.717) is 21.3 Å². The molecule has 0 fully saturated rings. The number of anilines is 1. The average Bonchev–Trinajstić information content (AvgIpc) is 2.93. The zero-order valence-electron chi connectivity index (χ0n) is 12.3. The summed E-state index contributed by atoms with van der Waals surface area (Å²) in [6.45, 7) is 0. The van der Waals surface area contributed by atoms with Gasteiger partial charge < -0.3 is 9.88 Å². The van der Waals surface area contributed by atoms with Crippen molar-refractivity contribution in [1.29, 1.82) is 0 Å². The van der Waals surface area contributed by atoms with Gasteiger partial charge in [-0.3, -0.25) is 4.79 Å². The van der Waals surface area contributed by atoms with Gasteiger partial charge in [0.15, 0.2) is 0 Å². The molecule has 1 heterocycles. The largest absolute Gasteiger partial charge is 0.334 e. The number of aromatic nitrogens is 2. The second-order valence-electron chi connectivity index (χ2n) is 5.02. The Morgan fingerprint density at radius 1 is 1.17 bits per heavy atom. The van der Waals surface area contributed by atoms with Crippen LogP contribution in [0, 0.1) is 0 Å². The van der Waals surface area contributed by atoms with E-state index in [2.05, 4.69) is 10.3 Å². The minimum Gasteiger partial charge on any atom is -0.334 e. The minimum atomic E-state index is -0.288.